The lowest BCUT2D eigenvalue weighted by Crippen LogP contribution is -1.91. The van der Waals surface area contributed by atoms with Gasteiger partial charge in [-0.25, -0.2) is 0 Å². The second kappa shape index (κ2) is 3.87. The average molecular weight is 327 g/mol. The Morgan fingerprint density at radius 3 is 2.73 bits per heavy atom. The van der Waals surface area contributed by atoms with Gasteiger partial charge in [-0.15, -0.1) is 0 Å². The topological polar surface area (TPSA) is 20.2 Å². The van der Waals surface area contributed by atoms with Crippen LogP contribution in [0.5, 0.6) is 0 Å². The fourth-order valence-corrected chi connectivity index (χ4v) is 1.82. The van der Waals surface area contributed by atoms with E-state index < -0.39 is 0 Å². The highest BCUT2D eigenvalue weighted by molar-refractivity contribution is 14.1. The van der Waals surface area contributed by atoms with Gasteiger partial charge in [0.25, 0.3) is 0 Å². The summed E-state index contributed by atoms with van der Waals surface area (Å²) in [7, 11) is 0. The van der Waals surface area contributed by atoms with E-state index in [1.165, 1.54) is 3.57 Å². The van der Waals surface area contributed by atoms with Gasteiger partial charge >= 0.3 is 0 Å². The molecule has 0 unspecified atom stereocenters. The molecule has 0 heterocycles. The zero-order valence-electron chi connectivity index (χ0n) is 6.06. The summed E-state index contributed by atoms with van der Waals surface area (Å²) in [6.07, 6.45) is 0. The van der Waals surface area contributed by atoms with E-state index >= 15 is 0 Å². The number of rotatable bonds is 1. The zero-order valence-corrected chi connectivity index (χ0v) is 9.81. The zero-order chi connectivity index (χ0) is 8.43. The molecule has 3 heteroatoms. The van der Waals surface area contributed by atoms with E-state index in [9.17, 15) is 0 Å². The lowest BCUT2D eigenvalue weighted by molar-refractivity contribution is 0.281. The highest BCUT2D eigenvalue weighted by Gasteiger charge is 2.03. The molecule has 11 heavy (non-hydrogen) atoms. The minimum Gasteiger partial charge on any atom is -0.392 e. The first kappa shape index (κ1) is 9.48. The number of hydrogen-bond donors (Lipinski definition) is 1. The van der Waals surface area contributed by atoms with Crippen molar-refractivity contribution in [2.75, 3.05) is 0 Å². The maximum Gasteiger partial charge on any atom is 0.0684 e. The van der Waals surface area contributed by atoms with Crippen LogP contribution in [0.25, 0.3) is 0 Å². The molecule has 1 nitrogen and oxygen atoms in total. The Labute approximate surface area is 88.1 Å². The van der Waals surface area contributed by atoms with E-state index in [1.807, 2.05) is 19.1 Å². The van der Waals surface area contributed by atoms with Gasteiger partial charge in [0, 0.05) is 8.04 Å². The molecule has 0 saturated heterocycles. The van der Waals surface area contributed by atoms with Crippen LogP contribution >= 0.6 is 38.5 Å². The Bertz CT molecular complexity index is 273. The highest BCUT2D eigenvalue weighted by Crippen LogP contribution is 2.24. The number of hydrogen-bond acceptors (Lipinski definition) is 1. The maximum absolute atomic E-state index is 8.92. The fraction of sp³-hybridized carbons (Fsp3) is 0.250. The molecule has 0 radical (unpaired) electrons. The number of halogens is 2. The minimum absolute atomic E-state index is 0.120. The summed E-state index contributed by atoms with van der Waals surface area (Å²) >= 11 is 5.68. The number of aliphatic hydroxyl groups is 1. The third-order valence-electron chi connectivity index (χ3n) is 1.62. The molecule has 1 N–H and O–H groups in total. The monoisotopic (exact) mass is 326 g/mol. The predicted octanol–water partition coefficient (Wildman–Crippen LogP) is 2.85. The van der Waals surface area contributed by atoms with E-state index in [0.29, 0.717) is 0 Å². The quantitative estimate of drug-likeness (QED) is 0.787. The first-order valence-corrected chi connectivity index (χ1v) is 5.08. The molecule has 0 fully saturated rings. The molecule has 1 aromatic carbocycles. The van der Waals surface area contributed by atoms with E-state index in [0.717, 1.165) is 15.6 Å². The van der Waals surface area contributed by atoms with Gasteiger partial charge in [0.2, 0.25) is 0 Å². The van der Waals surface area contributed by atoms with Gasteiger partial charge < -0.3 is 5.11 Å². The van der Waals surface area contributed by atoms with Crippen LogP contribution in [-0.2, 0) is 6.61 Å². The van der Waals surface area contributed by atoms with Gasteiger partial charge in [0.1, 0.15) is 0 Å². The largest absolute Gasteiger partial charge is 0.392 e. The lowest BCUT2D eigenvalue weighted by Gasteiger charge is -2.05. The Kier molecular flexibility index (Phi) is 3.33. The Morgan fingerprint density at radius 2 is 2.18 bits per heavy atom. The molecule has 1 rings (SSSR count). The fourth-order valence-electron chi connectivity index (χ4n) is 0.863. The predicted molar refractivity (Wildman–Crippen MR) is 57.5 cm³/mol. The Morgan fingerprint density at radius 1 is 1.55 bits per heavy atom. The van der Waals surface area contributed by atoms with Crippen molar-refractivity contribution in [3.05, 3.63) is 31.3 Å². The second-order valence-corrected chi connectivity index (χ2v) is 4.24. The molecule has 0 aliphatic heterocycles. The summed E-state index contributed by atoms with van der Waals surface area (Å²) < 4.78 is 2.27. The van der Waals surface area contributed by atoms with Crippen LogP contribution in [0.2, 0.25) is 0 Å². The summed E-state index contributed by atoms with van der Waals surface area (Å²) in [5, 5.41) is 8.92. The summed E-state index contributed by atoms with van der Waals surface area (Å²) in [4.78, 5) is 0. The van der Waals surface area contributed by atoms with Gasteiger partial charge in [0.15, 0.2) is 0 Å². The summed E-state index contributed by atoms with van der Waals surface area (Å²) in [6.45, 7) is 2.13. The van der Waals surface area contributed by atoms with Crippen molar-refractivity contribution in [1.29, 1.82) is 0 Å². The van der Waals surface area contributed by atoms with Crippen LogP contribution in [0.1, 0.15) is 11.1 Å². The SMILES string of the molecule is Cc1c(CO)ccc(Br)c1I. The van der Waals surface area contributed by atoms with Gasteiger partial charge in [-0.3, -0.25) is 0 Å². The van der Waals surface area contributed by atoms with Crippen LogP contribution in [0.3, 0.4) is 0 Å². The first-order chi connectivity index (χ1) is 5.16. The second-order valence-electron chi connectivity index (χ2n) is 2.30. The Hall–Kier alpha value is 0.390. The summed E-state index contributed by atoms with van der Waals surface area (Å²) in [6, 6.07) is 3.89. The molecule has 1 aromatic rings. The third kappa shape index (κ3) is 1.95. The van der Waals surface area contributed by atoms with Crippen molar-refractivity contribution >= 4 is 38.5 Å². The van der Waals surface area contributed by atoms with Crippen molar-refractivity contribution in [3.63, 3.8) is 0 Å². The van der Waals surface area contributed by atoms with E-state index in [1.54, 1.807) is 0 Å². The summed E-state index contributed by atoms with van der Waals surface area (Å²) in [5.74, 6) is 0. The smallest absolute Gasteiger partial charge is 0.0684 e. The molecule has 0 atom stereocenters. The van der Waals surface area contributed by atoms with E-state index in [4.69, 9.17) is 5.11 Å². The molecular formula is C8H8BrIO. The van der Waals surface area contributed by atoms with Crippen molar-refractivity contribution in [2.45, 2.75) is 13.5 Å². The van der Waals surface area contributed by atoms with Crippen LogP contribution < -0.4 is 0 Å². The molecule has 0 bridgehead atoms. The Balaban J connectivity index is 3.25. The number of aliphatic hydroxyl groups excluding tert-OH is 1. The van der Waals surface area contributed by atoms with Crippen molar-refractivity contribution in [2.24, 2.45) is 0 Å². The van der Waals surface area contributed by atoms with Gasteiger partial charge in [-0.2, -0.15) is 0 Å². The third-order valence-corrected chi connectivity index (χ3v) is 4.41. The van der Waals surface area contributed by atoms with Crippen LogP contribution in [0.15, 0.2) is 16.6 Å². The molecular weight excluding hydrogens is 319 g/mol. The molecule has 0 spiro atoms. The van der Waals surface area contributed by atoms with Crippen LogP contribution in [0, 0.1) is 10.5 Å². The van der Waals surface area contributed by atoms with E-state index in [-0.39, 0.29) is 6.61 Å². The van der Waals surface area contributed by atoms with Crippen molar-refractivity contribution in [3.8, 4) is 0 Å². The van der Waals surface area contributed by atoms with Gasteiger partial charge in [0.05, 0.1) is 6.61 Å². The molecule has 60 valence electrons. The van der Waals surface area contributed by atoms with Crippen LogP contribution in [-0.4, -0.2) is 5.11 Å². The normalized spacial score (nSPS) is 10.2. The minimum atomic E-state index is 0.120. The van der Waals surface area contributed by atoms with Crippen molar-refractivity contribution < 1.29 is 5.11 Å². The van der Waals surface area contributed by atoms with Crippen molar-refractivity contribution in [1.82, 2.24) is 0 Å². The molecule has 0 aliphatic carbocycles. The average Bonchev–Trinajstić information content (AvgIpc) is 2.01. The molecule has 0 aromatic heterocycles. The maximum atomic E-state index is 8.92. The van der Waals surface area contributed by atoms with Gasteiger partial charge in [-0.05, 0) is 62.6 Å². The first-order valence-electron chi connectivity index (χ1n) is 3.21. The van der Waals surface area contributed by atoms with Gasteiger partial charge in [-0.1, -0.05) is 6.07 Å². The lowest BCUT2D eigenvalue weighted by atomic mass is 10.1. The summed E-state index contributed by atoms with van der Waals surface area (Å²) in [5.41, 5.74) is 2.15. The van der Waals surface area contributed by atoms with Crippen LogP contribution in [0.4, 0.5) is 0 Å². The van der Waals surface area contributed by atoms with E-state index in [2.05, 4.69) is 38.5 Å². The molecule has 0 amide bonds. The standard InChI is InChI=1S/C8H8BrIO/c1-5-6(4-11)2-3-7(9)8(5)10/h2-3,11H,4H2,1H3. The molecule has 0 saturated carbocycles. The number of benzene rings is 1. The molecule has 0 aliphatic rings. The highest BCUT2D eigenvalue weighted by atomic mass is 127.